The molecule has 0 aliphatic carbocycles. The lowest BCUT2D eigenvalue weighted by molar-refractivity contribution is 0.477. The molecule has 54 valence electrons. The molecular weight excluding hydrogens is 174 g/mol. The number of hydrogen-bond donors (Lipinski definition) is 1. The van der Waals surface area contributed by atoms with E-state index in [1.54, 1.807) is 24.3 Å². The van der Waals surface area contributed by atoms with Gasteiger partial charge in [-0.1, -0.05) is 12.1 Å². The summed E-state index contributed by atoms with van der Waals surface area (Å²) in [5, 5.41) is 9.18. The Morgan fingerprint density at radius 1 is 1.45 bits per heavy atom. The topological polar surface area (TPSA) is 41.8 Å². The van der Waals surface area contributed by atoms with Gasteiger partial charge in [0.15, 0.2) is 0 Å². The molecule has 0 fully saturated rings. The van der Waals surface area contributed by atoms with Gasteiger partial charge < -0.3 is 9.22 Å². The van der Waals surface area contributed by atoms with Gasteiger partial charge in [0.2, 0.25) is 0 Å². The summed E-state index contributed by atoms with van der Waals surface area (Å²) in [6.45, 7) is 0. The lowest BCUT2D eigenvalue weighted by Gasteiger charge is -1.95. The molecule has 1 aromatic carbocycles. The highest BCUT2D eigenvalue weighted by molar-refractivity contribution is 6.24. The third-order valence-corrected chi connectivity index (χ3v) is 1.79. The van der Waals surface area contributed by atoms with Crippen LogP contribution in [0.15, 0.2) is 28.9 Å². The molecule has 0 unspecified atom stereocenters. The molecule has 0 amide bonds. The summed E-state index contributed by atoms with van der Waals surface area (Å²) in [6, 6.07) is 6.84. The molecule has 1 N–H and O–H groups in total. The molecule has 4 radical (unpaired) electrons. The first-order chi connectivity index (χ1) is 5.34. The number of rotatable bonds is 2. The zero-order valence-electron chi connectivity index (χ0n) is 5.61. The van der Waals surface area contributed by atoms with Crippen molar-refractivity contribution in [3.8, 4) is 5.75 Å². The van der Waals surface area contributed by atoms with Crippen LogP contribution in [-0.4, -0.2) is 25.1 Å². The summed E-state index contributed by atoms with van der Waals surface area (Å²) in [5.74, 6) is 0.170. The van der Waals surface area contributed by atoms with E-state index in [0.29, 0.717) is 5.69 Å². The zero-order chi connectivity index (χ0) is 8.10. The van der Waals surface area contributed by atoms with Crippen LogP contribution in [0.3, 0.4) is 0 Å². The van der Waals surface area contributed by atoms with Crippen molar-refractivity contribution >= 4 is 25.7 Å². The SMILES string of the molecule is Oc1ccccc1N=[Si]O[Si]. The van der Waals surface area contributed by atoms with E-state index >= 15 is 0 Å². The normalized spacial score (nSPS) is 10.3. The molecule has 0 saturated heterocycles. The first kappa shape index (κ1) is 8.15. The first-order valence-electron chi connectivity index (χ1n) is 2.91. The van der Waals surface area contributed by atoms with Crippen LogP contribution < -0.4 is 0 Å². The van der Waals surface area contributed by atoms with E-state index < -0.39 is 0 Å². The highest BCUT2D eigenvalue weighted by atomic mass is 28.3. The number of aromatic hydroxyl groups is 1. The van der Waals surface area contributed by atoms with Gasteiger partial charge in [-0.2, -0.15) is 0 Å². The fraction of sp³-hybridized carbons (Fsp3) is 0. The van der Waals surface area contributed by atoms with Crippen molar-refractivity contribution < 1.29 is 9.22 Å². The molecular formula is C6H5NO2Si2. The number of phenols is 1. The predicted molar refractivity (Wildman–Crippen MR) is 42.8 cm³/mol. The van der Waals surface area contributed by atoms with Gasteiger partial charge in [-0.3, -0.25) is 4.63 Å². The van der Waals surface area contributed by atoms with Crippen molar-refractivity contribution in [2.75, 3.05) is 0 Å². The maximum Gasteiger partial charge on any atom is 0.411 e. The third-order valence-electron chi connectivity index (χ3n) is 1.09. The van der Waals surface area contributed by atoms with E-state index in [9.17, 15) is 5.11 Å². The number of hydrogen-bond acceptors (Lipinski definition) is 3. The van der Waals surface area contributed by atoms with Gasteiger partial charge in [-0.15, -0.1) is 0 Å². The van der Waals surface area contributed by atoms with Gasteiger partial charge in [-0.25, -0.2) is 0 Å². The Balaban J connectivity index is 2.86. The number of phenolic OH excluding ortho intramolecular Hbond substituents is 1. The molecule has 0 spiro atoms. The highest BCUT2D eigenvalue weighted by Gasteiger charge is 1.93. The molecule has 0 bridgehead atoms. The zero-order valence-corrected chi connectivity index (χ0v) is 7.61. The van der Waals surface area contributed by atoms with Crippen molar-refractivity contribution in [2.24, 2.45) is 4.63 Å². The third kappa shape index (κ3) is 2.28. The van der Waals surface area contributed by atoms with Crippen LogP contribution in [0.5, 0.6) is 5.75 Å². The van der Waals surface area contributed by atoms with Gasteiger partial charge >= 0.3 is 20.0 Å². The molecule has 3 nitrogen and oxygen atoms in total. The molecule has 0 saturated carbocycles. The maximum absolute atomic E-state index is 9.18. The van der Waals surface area contributed by atoms with Crippen LogP contribution in [0.25, 0.3) is 0 Å². The fourth-order valence-corrected chi connectivity index (χ4v) is 1.10. The molecule has 1 rings (SSSR count). The number of para-hydroxylation sites is 1. The van der Waals surface area contributed by atoms with E-state index in [1.165, 1.54) is 0 Å². The Morgan fingerprint density at radius 3 is 2.82 bits per heavy atom. The molecule has 0 aliphatic rings. The van der Waals surface area contributed by atoms with E-state index in [1.807, 2.05) is 0 Å². The lowest BCUT2D eigenvalue weighted by atomic mass is 10.3. The quantitative estimate of drug-likeness (QED) is 0.686. The fourth-order valence-electron chi connectivity index (χ4n) is 0.631. The Hall–Kier alpha value is -0.946. The summed E-state index contributed by atoms with van der Waals surface area (Å²) in [4.78, 5) is 0. The van der Waals surface area contributed by atoms with Gasteiger partial charge in [-0.05, 0) is 12.1 Å². The molecule has 1 aromatic rings. The van der Waals surface area contributed by atoms with Gasteiger partial charge in [0.05, 0.1) is 5.69 Å². The minimum Gasteiger partial charge on any atom is -0.589 e. The molecule has 0 aliphatic heterocycles. The van der Waals surface area contributed by atoms with Gasteiger partial charge in [0.1, 0.15) is 5.75 Å². The van der Waals surface area contributed by atoms with E-state index in [0.717, 1.165) is 0 Å². The highest BCUT2D eigenvalue weighted by Crippen LogP contribution is 2.23. The van der Waals surface area contributed by atoms with Crippen LogP contribution in [-0.2, 0) is 4.12 Å². The molecule has 0 aromatic heterocycles. The first-order valence-corrected chi connectivity index (χ1v) is 4.17. The Labute approximate surface area is 70.2 Å². The monoisotopic (exact) mass is 179 g/mol. The Kier molecular flexibility index (Phi) is 3.00. The van der Waals surface area contributed by atoms with Crippen LogP contribution in [0.4, 0.5) is 5.69 Å². The maximum atomic E-state index is 9.18. The van der Waals surface area contributed by atoms with Crippen molar-refractivity contribution in [3.63, 3.8) is 0 Å². The lowest BCUT2D eigenvalue weighted by Crippen LogP contribution is -1.79. The van der Waals surface area contributed by atoms with Crippen molar-refractivity contribution in [1.29, 1.82) is 0 Å². The Morgan fingerprint density at radius 2 is 2.18 bits per heavy atom. The minimum absolute atomic E-state index is 0.0327. The van der Waals surface area contributed by atoms with E-state index in [4.69, 9.17) is 0 Å². The molecule has 5 heteroatoms. The van der Waals surface area contributed by atoms with Crippen LogP contribution in [0.1, 0.15) is 0 Å². The molecule has 0 heterocycles. The Bertz CT molecular complexity index is 265. The summed E-state index contributed by atoms with van der Waals surface area (Å²) in [6.07, 6.45) is 0. The number of benzene rings is 1. The van der Waals surface area contributed by atoms with E-state index in [-0.39, 0.29) is 15.3 Å². The van der Waals surface area contributed by atoms with Gasteiger partial charge in [0.25, 0.3) is 0 Å². The van der Waals surface area contributed by atoms with E-state index in [2.05, 4.69) is 19.2 Å². The standard InChI is InChI=1S/C6H5NO2Si2/c8-6-4-2-1-3-5(6)7-11-9-10/h1-4,8H. The largest absolute Gasteiger partial charge is 0.589 e. The second-order valence-corrected chi connectivity index (χ2v) is 3.02. The summed E-state index contributed by atoms with van der Waals surface area (Å²) in [7, 11) is 2.78. The average molecular weight is 179 g/mol. The minimum atomic E-state index is -0.0327. The smallest absolute Gasteiger partial charge is 0.411 e. The molecule has 0 atom stereocenters. The van der Waals surface area contributed by atoms with Crippen LogP contribution in [0, 0.1) is 0 Å². The summed E-state index contributed by atoms with van der Waals surface area (Å²) < 4.78 is 8.49. The summed E-state index contributed by atoms with van der Waals surface area (Å²) >= 11 is 0. The average Bonchev–Trinajstić information content (AvgIpc) is 2.03. The van der Waals surface area contributed by atoms with Crippen molar-refractivity contribution in [3.05, 3.63) is 24.3 Å². The van der Waals surface area contributed by atoms with Gasteiger partial charge in [0, 0.05) is 0 Å². The number of nitrogens with zero attached hydrogens (tertiary/aromatic N) is 1. The van der Waals surface area contributed by atoms with Crippen LogP contribution in [0.2, 0.25) is 0 Å². The predicted octanol–water partition coefficient (Wildman–Crippen LogP) is 0.927. The van der Waals surface area contributed by atoms with Crippen molar-refractivity contribution in [1.82, 2.24) is 0 Å². The van der Waals surface area contributed by atoms with Crippen LogP contribution >= 0.6 is 0 Å². The second kappa shape index (κ2) is 4.04. The second-order valence-electron chi connectivity index (χ2n) is 1.79. The molecule has 11 heavy (non-hydrogen) atoms. The summed E-state index contributed by atoms with van der Waals surface area (Å²) in [5.41, 5.74) is 0.545. The van der Waals surface area contributed by atoms with Crippen molar-refractivity contribution in [2.45, 2.75) is 0 Å².